The fourth-order valence-electron chi connectivity index (χ4n) is 4.02. The molecule has 1 unspecified atom stereocenters. The van der Waals surface area contributed by atoms with Crippen LogP contribution in [0.4, 0.5) is 11.4 Å². The molecule has 2 aromatic rings. The molecule has 0 amide bonds. The molecular formula is C20H27BN4O5S. The van der Waals surface area contributed by atoms with Crippen LogP contribution in [0.3, 0.4) is 0 Å². The van der Waals surface area contributed by atoms with Gasteiger partial charge in [-0.15, -0.1) is 0 Å². The molecule has 11 heteroatoms. The number of rotatable bonds is 9. The lowest BCUT2D eigenvalue weighted by molar-refractivity contribution is -0.384. The SMILES string of the molecule is CN(Cc1ccccc1B(O)O)[C@@H]1CCCC[C@H]1NS(=O)Nc1ccc([N+](=O)[O-])cc1. The summed E-state index contributed by atoms with van der Waals surface area (Å²) < 4.78 is 18.6. The van der Waals surface area contributed by atoms with Crippen LogP contribution >= 0.6 is 0 Å². The van der Waals surface area contributed by atoms with E-state index < -0.39 is 23.2 Å². The van der Waals surface area contributed by atoms with Gasteiger partial charge in [-0.1, -0.05) is 37.1 Å². The molecular weight excluding hydrogens is 419 g/mol. The summed E-state index contributed by atoms with van der Waals surface area (Å²) in [6.45, 7) is 0.541. The van der Waals surface area contributed by atoms with Gasteiger partial charge < -0.3 is 10.0 Å². The van der Waals surface area contributed by atoms with Crippen molar-refractivity contribution in [1.82, 2.24) is 9.62 Å². The normalized spacial score (nSPS) is 19.7. The first-order valence-electron chi connectivity index (χ1n) is 10.2. The minimum Gasteiger partial charge on any atom is -0.423 e. The summed E-state index contributed by atoms with van der Waals surface area (Å²) in [5.74, 6) is 0. The van der Waals surface area contributed by atoms with Crippen molar-refractivity contribution in [2.75, 3.05) is 11.8 Å². The Morgan fingerprint density at radius 1 is 1.16 bits per heavy atom. The molecule has 0 aromatic heterocycles. The van der Waals surface area contributed by atoms with Crippen LogP contribution in [0.2, 0.25) is 0 Å². The fourth-order valence-corrected chi connectivity index (χ4v) is 4.98. The molecule has 0 saturated heterocycles. The molecule has 3 atom stereocenters. The van der Waals surface area contributed by atoms with E-state index in [1.54, 1.807) is 12.1 Å². The highest BCUT2D eigenvalue weighted by atomic mass is 32.2. The molecule has 1 saturated carbocycles. The van der Waals surface area contributed by atoms with Gasteiger partial charge in [0.2, 0.25) is 0 Å². The number of hydrogen-bond donors (Lipinski definition) is 4. The van der Waals surface area contributed by atoms with Crippen LogP contribution in [0, 0.1) is 10.1 Å². The maximum absolute atomic E-state index is 12.6. The molecule has 3 rings (SSSR count). The molecule has 0 spiro atoms. The monoisotopic (exact) mass is 446 g/mol. The Morgan fingerprint density at radius 2 is 1.84 bits per heavy atom. The largest absolute Gasteiger partial charge is 0.488 e. The topological polar surface area (TPSA) is 128 Å². The number of non-ortho nitro benzene ring substituents is 1. The van der Waals surface area contributed by atoms with E-state index in [0.717, 1.165) is 31.2 Å². The second kappa shape index (κ2) is 10.8. The number of nitrogens with one attached hydrogen (secondary N) is 2. The lowest BCUT2D eigenvalue weighted by Gasteiger charge is -2.38. The predicted octanol–water partition coefficient (Wildman–Crippen LogP) is 1.30. The standard InChI is InChI=1S/C20H27BN4O5S/c1-24(14-15-6-2-3-7-18(15)21(26)27)20-9-5-4-8-19(20)23-31(30)22-16-10-12-17(13-11-16)25(28)29/h2-3,6-7,10-13,19-20,22-23,26-27H,4-5,8-9,14H2,1H3/t19-,20-,31?/m1/s1. The fraction of sp³-hybridized carbons (Fsp3) is 0.400. The zero-order chi connectivity index (χ0) is 22.4. The van der Waals surface area contributed by atoms with Crippen molar-refractivity contribution in [1.29, 1.82) is 0 Å². The number of nitro groups is 1. The summed E-state index contributed by atoms with van der Waals surface area (Å²) in [5, 5.41) is 30.0. The van der Waals surface area contributed by atoms with E-state index in [1.807, 2.05) is 19.2 Å². The van der Waals surface area contributed by atoms with E-state index >= 15 is 0 Å². The minimum atomic E-state index is -1.56. The molecule has 0 radical (unpaired) electrons. The first kappa shape index (κ1) is 23.4. The van der Waals surface area contributed by atoms with Gasteiger partial charge in [0, 0.05) is 36.4 Å². The predicted molar refractivity (Wildman–Crippen MR) is 122 cm³/mol. The molecule has 31 heavy (non-hydrogen) atoms. The smallest absolute Gasteiger partial charge is 0.423 e. The van der Waals surface area contributed by atoms with Crippen molar-refractivity contribution in [3.63, 3.8) is 0 Å². The molecule has 0 heterocycles. The Kier molecular flexibility index (Phi) is 8.16. The number of likely N-dealkylation sites (N-methyl/N-ethyl adjacent to an activating group) is 1. The van der Waals surface area contributed by atoms with Gasteiger partial charge in [0.25, 0.3) is 5.69 Å². The zero-order valence-electron chi connectivity index (χ0n) is 17.3. The van der Waals surface area contributed by atoms with Gasteiger partial charge >= 0.3 is 7.12 Å². The molecule has 4 N–H and O–H groups in total. The summed E-state index contributed by atoms with van der Waals surface area (Å²) in [4.78, 5) is 12.4. The van der Waals surface area contributed by atoms with Crippen LogP contribution in [0.5, 0.6) is 0 Å². The van der Waals surface area contributed by atoms with Gasteiger partial charge in [-0.2, -0.15) is 0 Å². The molecule has 1 fully saturated rings. The van der Waals surface area contributed by atoms with Crippen molar-refractivity contribution in [3.05, 3.63) is 64.2 Å². The Labute approximate surface area is 184 Å². The van der Waals surface area contributed by atoms with Crippen LogP contribution < -0.4 is 14.9 Å². The van der Waals surface area contributed by atoms with Gasteiger partial charge in [0.1, 0.15) is 0 Å². The van der Waals surface area contributed by atoms with Crippen LogP contribution in [0.15, 0.2) is 48.5 Å². The van der Waals surface area contributed by atoms with E-state index in [0.29, 0.717) is 17.7 Å². The Morgan fingerprint density at radius 3 is 2.52 bits per heavy atom. The zero-order valence-corrected chi connectivity index (χ0v) is 18.1. The van der Waals surface area contributed by atoms with Gasteiger partial charge in [-0.05, 0) is 43.0 Å². The van der Waals surface area contributed by atoms with E-state index in [9.17, 15) is 24.4 Å². The lowest BCUT2D eigenvalue weighted by atomic mass is 9.77. The highest BCUT2D eigenvalue weighted by Crippen LogP contribution is 2.24. The quantitative estimate of drug-likeness (QED) is 0.261. The third-order valence-electron chi connectivity index (χ3n) is 5.60. The van der Waals surface area contributed by atoms with Crippen LogP contribution in [-0.4, -0.2) is 50.3 Å². The average molecular weight is 446 g/mol. The number of hydrogen-bond acceptors (Lipinski definition) is 6. The molecule has 1 aliphatic carbocycles. The molecule has 2 aromatic carbocycles. The maximum atomic E-state index is 12.6. The number of anilines is 1. The molecule has 0 aliphatic heterocycles. The number of nitrogens with zero attached hydrogens (tertiary/aromatic N) is 2. The number of nitro benzene ring substituents is 1. The van der Waals surface area contributed by atoms with Crippen LogP contribution in [-0.2, 0) is 17.7 Å². The molecule has 9 nitrogen and oxygen atoms in total. The summed E-state index contributed by atoms with van der Waals surface area (Å²) in [7, 11) is 0.459. The second-order valence-corrected chi connectivity index (χ2v) is 8.72. The third-order valence-corrected chi connectivity index (χ3v) is 6.53. The van der Waals surface area contributed by atoms with E-state index in [4.69, 9.17) is 0 Å². The molecule has 166 valence electrons. The van der Waals surface area contributed by atoms with Gasteiger partial charge in [-0.3, -0.25) is 19.7 Å². The van der Waals surface area contributed by atoms with Crippen LogP contribution in [0.1, 0.15) is 31.2 Å². The van der Waals surface area contributed by atoms with Crippen molar-refractivity contribution in [2.45, 2.75) is 44.3 Å². The van der Waals surface area contributed by atoms with Gasteiger partial charge in [-0.25, -0.2) is 8.93 Å². The average Bonchev–Trinajstić information content (AvgIpc) is 2.74. The Hall–Kier alpha value is -2.31. The summed E-state index contributed by atoms with van der Waals surface area (Å²) in [6, 6.07) is 13.1. The number of benzene rings is 2. The highest BCUT2D eigenvalue weighted by molar-refractivity contribution is 7.84. The Bertz CT molecular complexity index is 915. The lowest BCUT2D eigenvalue weighted by Crippen LogP contribution is -2.51. The summed E-state index contributed by atoms with van der Waals surface area (Å²) >= 11 is -1.56. The molecule has 1 aliphatic rings. The first-order chi connectivity index (χ1) is 14.8. The highest BCUT2D eigenvalue weighted by Gasteiger charge is 2.30. The Balaban J connectivity index is 1.63. The van der Waals surface area contributed by atoms with Crippen molar-refractivity contribution in [2.24, 2.45) is 0 Å². The second-order valence-electron chi connectivity index (χ2n) is 7.74. The van der Waals surface area contributed by atoms with Crippen LogP contribution in [0.25, 0.3) is 0 Å². The van der Waals surface area contributed by atoms with Gasteiger partial charge in [0.15, 0.2) is 11.2 Å². The van der Waals surface area contributed by atoms with Crippen molar-refractivity contribution >= 4 is 35.1 Å². The van der Waals surface area contributed by atoms with E-state index in [1.165, 1.54) is 24.3 Å². The minimum absolute atomic E-state index is 0.0173. The first-order valence-corrected chi connectivity index (χ1v) is 11.3. The van der Waals surface area contributed by atoms with Gasteiger partial charge in [0.05, 0.1) is 4.92 Å². The molecule has 0 bridgehead atoms. The van der Waals surface area contributed by atoms with Crippen molar-refractivity contribution in [3.8, 4) is 0 Å². The van der Waals surface area contributed by atoms with E-state index in [-0.39, 0.29) is 17.8 Å². The summed E-state index contributed by atoms with van der Waals surface area (Å²) in [5.41, 5.74) is 1.84. The van der Waals surface area contributed by atoms with Crippen molar-refractivity contribution < 1.29 is 19.2 Å². The maximum Gasteiger partial charge on any atom is 0.488 e. The summed E-state index contributed by atoms with van der Waals surface area (Å²) in [6.07, 6.45) is 3.91. The third kappa shape index (κ3) is 6.34. The van der Waals surface area contributed by atoms with E-state index in [2.05, 4.69) is 14.3 Å².